The molecule has 0 aromatic heterocycles. The number of esters is 1. The lowest BCUT2D eigenvalue weighted by Gasteiger charge is -2.34. The summed E-state index contributed by atoms with van der Waals surface area (Å²) in [6.07, 6.45) is 8.21. The van der Waals surface area contributed by atoms with E-state index in [-0.39, 0.29) is 11.9 Å². The van der Waals surface area contributed by atoms with Crippen molar-refractivity contribution in [2.45, 2.75) is 64.8 Å². The van der Waals surface area contributed by atoms with Crippen molar-refractivity contribution in [3.8, 4) is 0 Å². The third-order valence-corrected chi connectivity index (χ3v) is 5.72. The van der Waals surface area contributed by atoms with Crippen LogP contribution in [-0.4, -0.2) is 74.1 Å². The van der Waals surface area contributed by atoms with Crippen molar-refractivity contribution in [3.63, 3.8) is 0 Å². The Morgan fingerprint density at radius 2 is 1.92 bits per heavy atom. The molecule has 0 saturated carbocycles. The van der Waals surface area contributed by atoms with Gasteiger partial charge in [0, 0.05) is 32.7 Å². The molecule has 2 heterocycles. The van der Waals surface area contributed by atoms with Gasteiger partial charge in [0.15, 0.2) is 5.96 Å². The minimum Gasteiger partial charge on any atom is -0.466 e. The molecule has 6 nitrogen and oxygen atoms in total. The highest BCUT2D eigenvalue weighted by Crippen LogP contribution is 2.19. The summed E-state index contributed by atoms with van der Waals surface area (Å²) in [6.45, 7) is 9.88. The van der Waals surface area contributed by atoms with Crippen LogP contribution in [0.3, 0.4) is 0 Å². The van der Waals surface area contributed by atoms with Gasteiger partial charge in [0.2, 0.25) is 0 Å². The van der Waals surface area contributed by atoms with Crippen molar-refractivity contribution in [3.05, 3.63) is 0 Å². The number of hydrogen-bond donors (Lipinski definition) is 1. The van der Waals surface area contributed by atoms with Gasteiger partial charge in [-0.15, -0.1) is 0 Å². The number of ether oxygens (including phenoxy) is 1. The number of unbranched alkanes of at least 4 members (excludes halogenated alkanes) is 1. The second kappa shape index (κ2) is 11.4. The summed E-state index contributed by atoms with van der Waals surface area (Å²) >= 11 is 0. The molecule has 1 unspecified atom stereocenters. The van der Waals surface area contributed by atoms with Crippen molar-refractivity contribution in [1.29, 1.82) is 0 Å². The maximum Gasteiger partial charge on any atom is 0.309 e. The van der Waals surface area contributed by atoms with Gasteiger partial charge in [0.05, 0.1) is 12.5 Å². The molecule has 150 valence electrons. The molecule has 2 fully saturated rings. The minimum atomic E-state index is -0.0398. The SMILES string of the molecule is CCOC(=O)C1CCN(C(=NC)NCCCCN2CCCCC2C)CC1. The Morgan fingerprint density at radius 1 is 1.15 bits per heavy atom. The van der Waals surface area contributed by atoms with Gasteiger partial charge < -0.3 is 19.9 Å². The Labute approximate surface area is 159 Å². The molecule has 2 saturated heterocycles. The number of nitrogens with zero attached hydrogens (tertiary/aromatic N) is 3. The number of aliphatic imine (C=N–C) groups is 1. The number of hydrogen-bond acceptors (Lipinski definition) is 4. The van der Waals surface area contributed by atoms with Crippen molar-refractivity contribution in [1.82, 2.24) is 15.1 Å². The third kappa shape index (κ3) is 6.45. The first kappa shape index (κ1) is 21.0. The normalized spacial score (nSPS) is 23.1. The Bertz CT molecular complexity index is 447. The van der Waals surface area contributed by atoms with Crippen LogP contribution in [0.15, 0.2) is 4.99 Å². The molecule has 6 heteroatoms. The van der Waals surface area contributed by atoms with Gasteiger partial charge in [-0.25, -0.2) is 0 Å². The standard InChI is InChI=1S/C20H38N4O2/c1-4-26-19(25)18-10-15-24(16-11-18)20(21-3)22-12-6-8-14-23-13-7-5-9-17(23)2/h17-18H,4-16H2,1-3H3,(H,21,22). The van der Waals surface area contributed by atoms with Crippen LogP contribution in [0.25, 0.3) is 0 Å². The first-order valence-electron chi connectivity index (χ1n) is 10.5. The molecule has 1 atom stereocenters. The van der Waals surface area contributed by atoms with E-state index in [9.17, 15) is 4.79 Å². The monoisotopic (exact) mass is 366 g/mol. The predicted octanol–water partition coefficient (Wildman–Crippen LogP) is 2.49. The number of guanidine groups is 1. The summed E-state index contributed by atoms with van der Waals surface area (Å²) in [4.78, 5) is 21.2. The Kier molecular flexibility index (Phi) is 9.23. The number of likely N-dealkylation sites (tertiary alicyclic amines) is 2. The van der Waals surface area contributed by atoms with Crippen molar-refractivity contribution >= 4 is 11.9 Å². The van der Waals surface area contributed by atoms with Gasteiger partial charge in [-0.05, 0) is 65.5 Å². The number of rotatable bonds is 7. The number of nitrogens with one attached hydrogen (secondary N) is 1. The van der Waals surface area contributed by atoms with Gasteiger partial charge in [-0.3, -0.25) is 9.79 Å². The zero-order valence-electron chi connectivity index (χ0n) is 17.0. The zero-order valence-corrected chi connectivity index (χ0v) is 17.0. The lowest BCUT2D eigenvalue weighted by Crippen LogP contribution is -2.47. The molecule has 0 amide bonds. The molecule has 0 bridgehead atoms. The molecule has 2 aliphatic heterocycles. The quantitative estimate of drug-likeness (QED) is 0.325. The first-order valence-corrected chi connectivity index (χ1v) is 10.5. The number of piperidine rings is 2. The van der Waals surface area contributed by atoms with Crippen LogP contribution < -0.4 is 5.32 Å². The van der Waals surface area contributed by atoms with Crippen molar-refractivity contribution < 1.29 is 9.53 Å². The molecular formula is C20H38N4O2. The molecule has 2 aliphatic rings. The molecule has 2 rings (SSSR count). The highest BCUT2D eigenvalue weighted by Gasteiger charge is 2.27. The second-order valence-electron chi connectivity index (χ2n) is 7.58. The van der Waals surface area contributed by atoms with E-state index in [1.54, 1.807) is 0 Å². The van der Waals surface area contributed by atoms with Crippen LogP contribution in [0.1, 0.15) is 58.8 Å². The predicted molar refractivity (Wildman–Crippen MR) is 106 cm³/mol. The first-order chi connectivity index (χ1) is 12.7. The van der Waals surface area contributed by atoms with Crippen molar-refractivity contribution in [2.24, 2.45) is 10.9 Å². The number of carbonyl (C=O) groups excluding carboxylic acids is 1. The average Bonchev–Trinajstić information content (AvgIpc) is 2.66. The molecule has 1 N–H and O–H groups in total. The van der Waals surface area contributed by atoms with Gasteiger partial charge in [0.1, 0.15) is 0 Å². The largest absolute Gasteiger partial charge is 0.466 e. The van der Waals surface area contributed by atoms with Crippen LogP contribution in [0.5, 0.6) is 0 Å². The molecule has 0 aromatic carbocycles. The van der Waals surface area contributed by atoms with E-state index in [1.807, 2.05) is 14.0 Å². The van der Waals surface area contributed by atoms with Crippen LogP contribution in [-0.2, 0) is 9.53 Å². The summed E-state index contributed by atoms with van der Waals surface area (Å²) in [7, 11) is 1.84. The van der Waals surface area contributed by atoms with E-state index in [4.69, 9.17) is 4.74 Å². The average molecular weight is 367 g/mol. The molecular weight excluding hydrogens is 328 g/mol. The van der Waals surface area contributed by atoms with Gasteiger partial charge in [-0.2, -0.15) is 0 Å². The smallest absolute Gasteiger partial charge is 0.309 e. The van der Waals surface area contributed by atoms with Gasteiger partial charge in [-0.1, -0.05) is 6.42 Å². The summed E-state index contributed by atoms with van der Waals surface area (Å²) in [5.74, 6) is 0.983. The highest BCUT2D eigenvalue weighted by atomic mass is 16.5. The van der Waals surface area contributed by atoms with E-state index in [0.29, 0.717) is 6.61 Å². The topological polar surface area (TPSA) is 57.2 Å². The van der Waals surface area contributed by atoms with Crippen LogP contribution in [0, 0.1) is 5.92 Å². The molecule has 0 aliphatic carbocycles. The second-order valence-corrected chi connectivity index (χ2v) is 7.58. The summed E-state index contributed by atoms with van der Waals surface area (Å²) < 4.78 is 5.15. The van der Waals surface area contributed by atoms with Gasteiger partial charge in [0.25, 0.3) is 0 Å². The lowest BCUT2D eigenvalue weighted by atomic mass is 9.97. The van der Waals surface area contributed by atoms with E-state index < -0.39 is 0 Å². The fourth-order valence-electron chi connectivity index (χ4n) is 4.05. The maximum absolute atomic E-state index is 11.9. The van der Waals surface area contributed by atoms with Gasteiger partial charge >= 0.3 is 5.97 Å². The summed E-state index contributed by atoms with van der Waals surface area (Å²) in [6, 6.07) is 0.755. The fraction of sp³-hybridized carbons (Fsp3) is 0.900. The molecule has 0 spiro atoms. The van der Waals surface area contributed by atoms with Crippen LogP contribution >= 0.6 is 0 Å². The van der Waals surface area contributed by atoms with E-state index in [0.717, 1.165) is 44.5 Å². The fourth-order valence-corrected chi connectivity index (χ4v) is 4.05. The van der Waals surface area contributed by atoms with Crippen molar-refractivity contribution in [2.75, 3.05) is 46.4 Å². The van der Waals surface area contributed by atoms with Crippen LogP contribution in [0.4, 0.5) is 0 Å². The zero-order chi connectivity index (χ0) is 18.8. The summed E-state index contributed by atoms with van der Waals surface area (Å²) in [5.41, 5.74) is 0. The number of carbonyl (C=O) groups is 1. The Balaban J connectivity index is 1.61. The molecule has 26 heavy (non-hydrogen) atoms. The van der Waals surface area contributed by atoms with E-state index >= 15 is 0 Å². The Hall–Kier alpha value is -1.30. The maximum atomic E-state index is 11.9. The molecule has 0 radical (unpaired) electrons. The van der Waals surface area contributed by atoms with Crippen LogP contribution in [0.2, 0.25) is 0 Å². The van der Waals surface area contributed by atoms with E-state index in [2.05, 4.69) is 27.0 Å². The Morgan fingerprint density at radius 3 is 2.58 bits per heavy atom. The lowest BCUT2D eigenvalue weighted by molar-refractivity contribution is -0.149. The highest BCUT2D eigenvalue weighted by molar-refractivity contribution is 5.80. The van der Waals surface area contributed by atoms with E-state index in [1.165, 1.54) is 45.2 Å². The molecule has 0 aromatic rings. The minimum absolute atomic E-state index is 0.0398. The third-order valence-electron chi connectivity index (χ3n) is 5.72. The summed E-state index contributed by atoms with van der Waals surface area (Å²) in [5, 5.41) is 3.50.